The Kier molecular flexibility index (Phi) is 31.4. The molecule has 504 valence electrons. The van der Waals surface area contributed by atoms with Crippen molar-refractivity contribution in [2.45, 2.75) is 33.4 Å². The molecule has 0 amide bonds. The van der Waals surface area contributed by atoms with Gasteiger partial charge in [0.1, 0.15) is 0 Å². The number of aromatic nitrogens is 10. The van der Waals surface area contributed by atoms with Gasteiger partial charge in [-0.1, -0.05) is 60.7 Å². The zero-order valence-electron chi connectivity index (χ0n) is 50.1. The van der Waals surface area contributed by atoms with Gasteiger partial charge in [0.25, 0.3) is 0 Å². The van der Waals surface area contributed by atoms with Gasteiger partial charge in [-0.3, -0.25) is 39.9 Å². The summed E-state index contributed by atoms with van der Waals surface area (Å²) >= 11 is 0. The number of aliphatic hydroxyl groups excluding tert-OH is 2. The van der Waals surface area contributed by atoms with E-state index < -0.39 is 53.7 Å². The summed E-state index contributed by atoms with van der Waals surface area (Å²) in [6, 6.07) is 57.1. The third-order valence-electron chi connectivity index (χ3n) is 12.9. The first-order valence-electron chi connectivity index (χ1n) is 26.4. The summed E-state index contributed by atoms with van der Waals surface area (Å²) in [6.45, 7) is 0. The number of hydrogen-bond donors (Lipinski definition) is 2. The molecule has 10 aromatic rings. The number of aliphatic hydroxyl groups is 2. The van der Waals surface area contributed by atoms with Gasteiger partial charge in [-0.15, -0.1) is 0 Å². The number of hydrogen-bond acceptors (Lipinski definition) is 22. The summed E-state index contributed by atoms with van der Waals surface area (Å²) in [5.74, 6) is 0. The summed E-state index contributed by atoms with van der Waals surface area (Å²) in [5, 5.41) is 14.0. The number of halogens is 6. The molecule has 0 aromatic carbocycles. The van der Waals surface area contributed by atoms with Crippen molar-refractivity contribution < 1.29 is 126 Å². The smallest absolute Gasteiger partial charge is 0.741 e. The van der Waals surface area contributed by atoms with E-state index in [2.05, 4.69) is 39.9 Å². The Balaban J connectivity index is 0.000000375. The molecular formula is C62H58Ag2F6N10O12S2. The second kappa shape index (κ2) is 36.7. The molecule has 0 saturated heterocycles. The summed E-state index contributed by atoms with van der Waals surface area (Å²) < 4.78 is 143. The molecule has 32 heteroatoms. The number of ether oxygens (including phenoxy) is 4. The molecule has 0 saturated carbocycles. The van der Waals surface area contributed by atoms with E-state index in [0.717, 1.165) is 14.2 Å². The van der Waals surface area contributed by atoms with Crippen LogP contribution in [0.2, 0.25) is 0 Å². The maximum atomic E-state index is 10.7. The van der Waals surface area contributed by atoms with Crippen LogP contribution in [-0.4, -0.2) is 140 Å². The molecule has 10 heterocycles. The van der Waals surface area contributed by atoms with Gasteiger partial charge in [0.2, 0.25) is 0 Å². The molecule has 0 atom stereocenters. The minimum absolute atomic E-state index is 0. The largest absolute Gasteiger partial charge is 1.00 e. The predicted octanol–water partition coefficient (Wildman–Crippen LogP) is 8.39. The fourth-order valence-electron chi connectivity index (χ4n) is 9.05. The van der Waals surface area contributed by atoms with Gasteiger partial charge in [-0.2, -0.15) is 26.3 Å². The van der Waals surface area contributed by atoms with Crippen LogP contribution in [0.15, 0.2) is 232 Å². The number of alkyl halides is 6. The minimum atomic E-state index is -6.09. The third kappa shape index (κ3) is 18.3. The first-order valence-corrected chi connectivity index (χ1v) is 29.2. The van der Waals surface area contributed by atoms with Crippen molar-refractivity contribution in [3.8, 4) is 0 Å². The fraction of sp³-hybridized carbons (Fsp3) is 0.194. The second-order valence-electron chi connectivity index (χ2n) is 17.9. The van der Waals surface area contributed by atoms with E-state index in [4.69, 9.17) is 65.1 Å². The topological polar surface area (TPSA) is 321 Å². The number of rotatable bonds is 16. The molecule has 0 radical (unpaired) electrons. The maximum Gasteiger partial charge on any atom is 1.00 e. The molecular weight excluding hydrogens is 1470 g/mol. The molecule has 2 N–H and O–H groups in total. The first-order chi connectivity index (χ1) is 44.0. The minimum Gasteiger partial charge on any atom is -0.741 e. The molecule has 0 unspecified atom stereocenters. The first kappa shape index (κ1) is 80.4. The van der Waals surface area contributed by atoms with Crippen LogP contribution in [0.25, 0.3) is 0 Å². The average Bonchev–Trinajstić information content (AvgIpc) is 0.747. The zero-order chi connectivity index (χ0) is 67.7. The van der Waals surface area contributed by atoms with Crippen molar-refractivity contribution in [1.29, 1.82) is 0 Å². The average molecular weight is 1530 g/mol. The van der Waals surface area contributed by atoms with Crippen molar-refractivity contribution in [3.63, 3.8) is 0 Å². The normalized spacial score (nSPS) is 11.6. The zero-order valence-corrected chi connectivity index (χ0v) is 54.7. The van der Waals surface area contributed by atoms with Gasteiger partial charge < -0.3 is 38.3 Å². The van der Waals surface area contributed by atoms with Crippen LogP contribution in [0.5, 0.6) is 0 Å². The van der Waals surface area contributed by atoms with Gasteiger partial charge in [-0.25, -0.2) is 26.8 Å². The van der Waals surface area contributed by atoms with E-state index in [1.807, 2.05) is 182 Å². The fourth-order valence-corrected chi connectivity index (χ4v) is 9.05. The molecule has 0 spiro atoms. The van der Waals surface area contributed by atoms with E-state index >= 15 is 0 Å². The molecule has 10 aromatic heterocycles. The molecule has 0 aliphatic heterocycles. The Labute approximate surface area is 568 Å². The van der Waals surface area contributed by atoms with Crippen LogP contribution < -0.4 is 0 Å². The Morgan fingerprint density at radius 1 is 0.287 bits per heavy atom. The number of nitrogens with zero attached hydrogens (tertiary/aromatic N) is 10. The van der Waals surface area contributed by atoms with Crippen molar-refractivity contribution in [3.05, 3.63) is 300 Å². The second-order valence-corrected chi connectivity index (χ2v) is 20.6. The number of pyridine rings is 10. The Hall–Kier alpha value is -7.86. The van der Waals surface area contributed by atoms with E-state index in [1.54, 1.807) is 78.0 Å². The SMILES string of the molecule is CO.CO.COC(c1ccccn1)(c1ccccn1)c1cccc(C(OC)(c2ccccn2)c2ccccn2)n1.COC(c1ccccn1)(c1ccccn1)c1cccc(C(OC)(c2ccccn2)c2ccccn2)n1.O=S(=O)([O-])C(F)(F)F.O=S(=O)([O-])C(F)(F)F.[Ag+].[Ag+]. The summed E-state index contributed by atoms with van der Waals surface area (Å²) in [4.78, 5) is 47.4. The summed E-state index contributed by atoms with van der Waals surface area (Å²) in [6.07, 6.45) is 13.9. The van der Waals surface area contributed by atoms with E-state index in [9.17, 15) is 26.3 Å². The Bertz CT molecular complexity index is 3410. The molecule has 10 rings (SSSR count). The van der Waals surface area contributed by atoms with Crippen LogP contribution >= 0.6 is 0 Å². The van der Waals surface area contributed by atoms with Crippen LogP contribution in [0.4, 0.5) is 26.3 Å². The van der Waals surface area contributed by atoms with E-state index in [0.29, 0.717) is 68.3 Å². The van der Waals surface area contributed by atoms with Gasteiger partial charge in [0.15, 0.2) is 42.6 Å². The molecule has 0 aliphatic rings. The molecule has 0 bridgehead atoms. The van der Waals surface area contributed by atoms with E-state index in [1.165, 1.54) is 0 Å². The van der Waals surface area contributed by atoms with Crippen molar-refractivity contribution in [2.75, 3.05) is 42.7 Å². The third-order valence-corrected chi connectivity index (χ3v) is 14.1. The molecule has 94 heavy (non-hydrogen) atoms. The molecule has 0 aliphatic carbocycles. The van der Waals surface area contributed by atoms with E-state index in [-0.39, 0.29) is 44.8 Å². The van der Waals surface area contributed by atoms with Crippen LogP contribution in [0.3, 0.4) is 0 Å². The van der Waals surface area contributed by atoms with Crippen LogP contribution in [0.1, 0.15) is 68.3 Å². The molecule has 22 nitrogen and oxygen atoms in total. The van der Waals surface area contributed by atoms with Crippen molar-refractivity contribution in [2.24, 2.45) is 0 Å². The van der Waals surface area contributed by atoms with Gasteiger partial charge in [0, 0.05) is 92.2 Å². The van der Waals surface area contributed by atoms with Crippen LogP contribution in [0, 0.1) is 0 Å². The van der Waals surface area contributed by atoms with Gasteiger partial charge >= 0.3 is 55.8 Å². The van der Waals surface area contributed by atoms with Gasteiger partial charge in [0.05, 0.1) is 68.3 Å². The quantitative estimate of drug-likeness (QED) is 0.0397. The number of methoxy groups -OCH3 is 4. The van der Waals surface area contributed by atoms with Gasteiger partial charge in [-0.05, 0) is 121 Å². The Morgan fingerprint density at radius 3 is 0.511 bits per heavy atom. The monoisotopic (exact) mass is 1530 g/mol. The summed E-state index contributed by atoms with van der Waals surface area (Å²) in [7, 11) is -3.63. The summed E-state index contributed by atoms with van der Waals surface area (Å²) in [5.41, 5.74) is -8.22. The van der Waals surface area contributed by atoms with Crippen molar-refractivity contribution >= 4 is 20.2 Å². The Morgan fingerprint density at radius 2 is 0.415 bits per heavy atom. The standard InChI is InChI=1S/2C29H25N5O2.2CHF3O3S.2CH4O.2Ag/c2*1-35-28(22-12-3-7-18-30-22,23-13-4-8-19-31-23)26-16-11-17-27(34-26)29(36-2,24-14-5-9-20-32-24)25-15-6-10-21-33-25;2*2-1(3,4)8(5,6)7;2*1-2;;/h2*3-21H,1-2H3;2*(H,5,6,7);2*2H,1H3;;/q;;;;;;2*+1/p-2. The predicted molar refractivity (Wildman–Crippen MR) is 318 cm³/mol. The van der Waals surface area contributed by atoms with Crippen LogP contribution in [-0.2, 0) is 106 Å². The molecule has 0 fully saturated rings. The maximum absolute atomic E-state index is 10.7. The van der Waals surface area contributed by atoms with Crippen molar-refractivity contribution in [1.82, 2.24) is 49.8 Å².